The first kappa shape index (κ1) is 25.9. The van der Waals surface area contributed by atoms with Crippen molar-refractivity contribution in [1.82, 2.24) is 19.7 Å². The van der Waals surface area contributed by atoms with Gasteiger partial charge in [-0.1, -0.05) is 48.5 Å². The number of aromatic nitrogens is 1. The second-order valence-corrected chi connectivity index (χ2v) is 10.8. The standard InChI is InChI=1S/C28H24N4O4S2/c1-30(13-15-31-25(33)23(37-27(31)35)17-19-7-3-2-4-8-19)14-16-32-26(34)24(38-28(32)36)18-20-11-12-29-22-10-6-5-9-21(20)22/h2-12,17-18H,13-16H2,1H3/b23-17-,24-18-. The smallest absolute Gasteiger partial charge is 0.293 e. The van der Waals surface area contributed by atoms with Crippen molar-refractivity contribution in [2.45, 2.75) is 0 Å². The summed E-state index contributed by atoms with van der Waals surface area (Å²) in [6.45, 7) is 1.28. The van der Waals surface area contributed by atoms with E-state index < -0.39 is 0 Å². The van der Waals surface area contributed by atoms with E-state index in [4.69, 9.17) is 0 Å². The fraction of sp³-hybridized carbons (Fsp3) is 0.179. The van der Waals surface area contributed by atoms with Gasteiger partial charge in [0.25, 0.3) is 22.3 Å². The van der Waals surface area contributed by atoms with Gasteiger partial charge in [-0.25, -0.2) is 0 Å². The highest BCUT2D eigenvalue weighted by molar-refractivity contribution is 8.18. The average molecular weight is 545 g/mol. The number of para-hydroxylation sites is 1. The van der Waals surface area contributed by atoms with Crippen LogP contribution in [0.3, 0.4) is 0 Å². The molecule has 2 aliphatic heterocycles. The zero-order valence-corrected chi connectivity index (χ0v) is 22.2. The molecule has 0 atom stereocenters. The number of benzene rings is 2. The van der Waals surface area contributed by atoms with E-state index in [9.17, 15) is 19.2 Å². The van der Waals surface area contributed by atoms with Crippen LogP contribution in [-0.4, -0.2) is 75.2 Å². The number of carbonyl (C=O) groups is 4. The van der Waals surface area contributed by atoms with E-state index in [1.54, 1.807) is 18.3 Å². The number of hydrogen-bond donors (Lipinski definition) is 0. The molecule has 5 rings (SSSR count). The van der Waals surface area contributed by atoms with Gasteiger partial charge in [0.15, 0.2) is 0 Å². The first-order valence-electron chi connectivity index (χ1n) is 12.0. The average Bonchev–Trinajstić information content (AvgIpc) is 3.34. The Morgan fingerprint density at radius 1 is 0.763 bits per heavy atom. The van der Waals surface area contributed by atoms with Crippen LogP contribution in [0.25, 0.3) is 23.1 Å². The van der Waals surface area contributed by atoms with Crippen molar-refractivity contribution in [3.63, 3.8) is 0 Å². The molecule has 0 spiro atoms. The summed E-state index contributed by atoms with van der Waals surface area (Å²) in [7, 11) is 1.83. The zero-order valence-electron chi connectivity index (χ0n) is 20.6. The summed E-state index contributed by atoms with van der Waals surface area (Å²) in [5.41, 5.74) is 2.51. The van der Waals surface area contributed by atoms with E-state index in [1.165, 1.54) is 9.80 Å². The fourth-order valence-electron chi connectivity index (χ4n) is 4.12. The van der Waals surface area contributed by atoms with Gasteiger partial charge in [0.2, 0.25) is 0 Å². The molecular weight excluding hydrogens is 520 g/mol. The topological polar surface area (TPSA) is 90.9 Å². The minimum atomic E-state index is -0.328. The molecule has 0 bridgehead atoms. The maximum absolute atomic E-state index is 13.0. The molecule has 3 heterocycles. The predicted octanol–water partition coefficient (Wildman–Crippen LogP) is 4.94. The highest BCUT2D eigenvalue weighted by Gasteiger charge is 2.36. The van der Waals surface area contributed by atoms with Gasteiger partial charge in [0.1, 0.15) is 0 Å². The lowest BCUT2D eigenvalue weighted by Crippen LogP contribution is -2.40. The van der Waals surface area contributed by atoms with E-state index >= 15 is 0 Å². The van der Waals surface area contributed by atoms with E-state index in [0.29, 0.717) is 22.9 Å². The number of imide groups is 2. The van der Waals surface area contributed by atoms with Crippen LogP contribution < -0.4 is 0 Å². The van der Waals surface area contributed by atoms with Crippen molar-refractivity contribution in [3.05, 3.63) is 87.8 Å². The molecule has 0 saturated carbocycles. The second kappa shape index (κ2) is 11.3. The van der Waals surface area contributed by atoms with E-state index in [1.807, 2.05) is 72.6 Å². The Morgan fingerprint density at radius 3 is 2.00 bits per heavy atom. The first-order valence-corrected chi connectivity index (χ1v) is 13.6. The summed E-state index contributed by atoms with van der Waals surface area (Å²) < 4.78 is 0. The Labute approximate surface area is 228 Å². The number of fused-ring (bicyclic) bond motifs is 1. The first-order chi connectivity index (χ1) is 18.4. The molecule has 192 valence electrons. The quantitative estimate of drug-likeness (QED) is 0.369. The van der Waals surface area contributed by atoms with Gasteiger partial charge in [-0.05, 0) is 66.0 Å². The highest BCUT2D eigenvalue weighted by Crippen LogP contribution is 2.34. The lowest BCUT2D eigenvalue weighted by atomic mass is 10.1. The molecule has 2 aromatic carbocycles. The van der Waals surface area contributed by atoms with Crippen molar-refractivity contribution >= 4 is 68.9 Å². The minimum Gasteiger partial charge on any atom is -0.303 e. The van der Waals surface area contributed by atoms with Crippen molar-refractivity contribution in [2.75, 3.05) is 33.2 Å². The van der Waals surface area contributed by atoms with Crippen LogP contribution in [-0.2, 0) is 9.59 Å². The number of carbonyl (C=O) groups excluding carboxylic acids is 4. The number of hydrogen-bond acceptors (Lipinski definition) is 8. The Hall–Kier alpha value is -3.73. The van der Waals surface area contributed by atoms with Crippen molar-refractivity contribution in [3.8, 4) is 0 Å². The second-order valence-electron chi connectivity index (χ2n) is 8.80. The van der Waals surface area contributed by atoms with Gasteiger partial charge in [-0.15, -0.1) is 0 Å². The molecule has 3 aromatic rings. The molecular formula is C28H24N4O4S2. The maximum Gasteiger partial charge on any atom is 0.293 e. The molecule has 38 heavy (non-hydrogen) atoms. The van der Waals surface area contributed by atoms with Gasteiger partial charge in [-0.2, -0.15) is 0 Å². The summed E-state index contributed by atoms with van der Waals surface area (Å²) in [4.78, 5) is 60.2. The fourth-order valence-corrected chi connectivity index (χ4v) is 5.85. The zero-order chi connectivity index (χ0) is 26.6. The van der Waals surface area contributed by atoms with E-state index in [-0.39, 0.29) is 35.4 Å². The largest absolute Gasteiger partial charge is 0.303 e. The molecule has 8 nitrogen and oxygen atoms in total. The Kier molecular flexibility index (Phi) is 7.73. The van der Waals surface area contributed by atoms with Crippen LogP contribution >= 0.6 is 23.5 Å². The SMILES string of the molecule is CN(CCN1C(=O)S/C(=C\c2ccccc2)C1=O)CCN1C(=O)S/C(=C\c2ccnc3ccccc23)C1=O. The number of pyridine rings is 1. The Bertz CT molecular complexity index is 1480. The van der Waals surface area contributed by atoms with Gasteiger partial charge in [0, 0.05) is 37.8 Å². The summed E-state index contributed by atoms with van der Waals surface area (Å²) in [6.07, 6.45) is 5.14. The lowest BCUT2D eigenvalue weighted by Gasteiger charge is -2.22. The van der Waals surface area contributed by atoms with Crippen molar-refractivity contribution in [1.29, 1.82) is 0 Å². The molecule has 0 N–H and O–H groups in total. The minimum absolute atomic E-state index is 0.214. The third-order valence-corrected chi connectivity index (χ3v) is 8.04. The number of likely N-dealkylation sites (N-methyl/N-ethyl adjacent to an activating group) is 1. The third-order valence-electron chi connectivity index (χ3n) is 6.22. The molecule has 0 radical (unpaired) electrons. The Morgan fingerprint density at radius 2 is 1.34 bits per heavy atom. The van der Waals surface area contributed by atoms with Crippen LogP contribution in [0.2, 0.25) is 0 Å². The molecule has 0 unspecified atom stereocenters. The molecule has 1 aromatic heterocycles. The molecule has 2 saturated heterocycles. The third kappa shape index (κ3) is 5.57. The number of nitrogens with zero attached hydrogens (tertiary/aromatic N) is 4. The number of thioether (sulfide) groups is 2. The van der Waals surface area contributed by atoms with Crippen LogP contribution in [0.4, 0.5) is 9.59 Å². The number of amides is 4. The van der Waals surface area contributed by atoms with Gasteiger partial charge < -0.3 is 4.90 Å². The monoisotopic (exact) mass is 544 g/mol. The normalized spacial score (nSPS) is 18.3. The van der Waals surface area contributed by atoms with Crippen LogP contribution in [0.15, 0.2) is 76.7 Å². The highest BCUT2D eigenvalue weighted by atomic mass is 32.2. The Balaban J connectivity index is 1.16. The lowest BCUT2D eigenvalue weighted by molar-refractivity contribution is -0.123. The van der Waals surface area contributed by atoms with E-state index in [2.05, 4.69) is 4.98 Å². The van der Waals surface area contributed by atoms with Gasteiger partial charge >= 0.3 is 0 Å². The van der Waals surface area contributed by atoms with Crippen LogP contribution in [0.5, 0.6) is 0 Å². The maximum atomic E-state index is 13.0. The van der Waals surface area contributed by atoms with E-state index in [0.717, 1.165) is 45.6 Å². The summed E-state index contributed by atoms with van der Waals surface area (Å²) >= 11 is 1.86. The summed E-state index contributed by atoms with van der Waals surface area (Å²) in [6, 6.07) is 18.9. The van der Waals surface area contributed by atoms with Crippen molar-refractivity contribution in [2.24, 2.45) is 0 Å². The predicted molar refractivity (Wildman–Crippen MR) is 151 cm³/mol. The summed E-state index contributed by atoms with van der Waals surface area (Å²) in [5, 5.41) is 0.294. The molecule has 2 aliphatic rings. The molecule has 0 aliphatic carbocycles. The summed E-state index contributed by atoms with van der Waals surface area (Å²) in [5.74, 6) is -0.636. The van der Waals surface area contributed by atoms with Crippen molar-refractivity contribution < 1.29 is 19.2 Å². The van der Waals surface area contributed by atoms with Gasteiger partial charge in [0.05, 0.1) is 15.3 Å². The van der Waals surface area contributed by atoms with Crippen LogP contribution in [0, 0.1) is 0 Å². The molecule has 10 heteroatoms. The van der Waals surface area contributed by atoms with Gasteiger partial charge in [-0.3, -0.25) is 34.0 Å². The molecule has 4 amide bonds. The van der Waals surface area contributed by atoms with Crippen LogP contribution in [0.1, 0.15) is 11.1 Å². The number of rotatable bonds is 8. The molecule has 2 fully saturated rings.